The second-order valence-electron chi connectivity index (χ2n) is 8.95. The zero-order valence-corrected chi connectivity index (χ0v) is 18.7. The number of nitrogens with zero attached hydrogens (tertiary/aromatic N) is 1. The Morgan fingerprint density at radius 3 is 1.72 bits per heavy atom. The minimum atomic E-state index is -1.26. The van der Waals surface area contributed by atoms with Crippen LogP contribution in [0.4, 0.5) is 5.69 Å². The van der Waals surface area contributed by atoms with Gasteiger partial charge in [-0.2, -0.15) is 0 Å². The van der Waals surface area contributed by atoms with E-state index in [1.54, 1.807) is 0 Å². The molecule has 0 saturated carbocycles. The van der Waals surface area contributed by atoms with Crippen molar-refractivity contribution >= 4 is 28.3 Å². The van der Waals surface area contributed by atoms with Gasteiger partial charge in [-0.3, -0.25) is 13.8 Å². The first kappa shape index (κ1) is 20.5. The maximum absolute atomic E-state index is 13.9. The first-order valence-corrected chi connectivity index (χ1v) is 12.1. The highest BCUT2D eigenvalue weighted by Gasteiger charge is 2.77. The summed E-state index contributed by atoms with van der Waals surface area (Å²) in [6.45, 7) is 8.31. The van der Waals surface area contributed by atoms with Crippen molar-refractivity contribution in [3.05, 3.63) is 41.5 Å². The summed E-state index contributed by atoms with van der Waals surface area (Å²) in [6.07, 6.45) is 5.92. The Kier molecular flexibility index (Phi) is 5.09. The zero-order valence-electron chi connectivity index (χ0n) is 17.9. The molecule has 1 aromatic rings. The molecular weight excluding hydrogens is 382 g/mol. The molecular formula is C24H31NO3S. The van der Waals surface area contributed by atoms with Crippen LogP contribution in [-0.4, -0.2) is 25.5 Å². The molecule has 1 unspecified atom stereocenters. The average molecular weight is 414 g/mol. The number of fused-ring (bicyclic) bond motifs is 5. The quantitative estimate of drug-likeness (QED) is 0.478. The summed E-state index contributed by atoms with van der Waals surface area (Å²) in [5, 5.41) is 0. The van der Waals surface area contributed by atoms with Crippen molar-refractivity contribution < 1.29 is 13.8 Å². The number of hydrogen-bond donors (Lipinski definition) is 0. The molecule has 2 fully saturated rings. The number of hydrogen-bond acceptors (Lipinski definition) is 3. The Bertz CT molecular complexity index is 856. The van der Waals surface area contributed by atoms with Gasteiger partial charge in [0.05, 0.1) is 27.0 Å². The molecule has 1 aromatic carbocycles. The van der Waals surface area contributed by atoms with Gasteiger partial charge in [-0.1, -0.05) is 56.0 Å². The Hall–Kier alpha value is -1.75. The zero-order chi connectivity index (χ0) is 21.0. The van der Waals surface area contributed by atoms with Crippen molar-refractivity contribution in [2.24, 2.45) is 11.8 Å². The van der Waals surface area contributed by atoms with Crippen LogP contribution in [0, 0.1) is 11.8 Å². The molecule has 0 aromatic heterocycles. The molecule has 0 N–H and O–H groups in total. The highest BCUT2D eigenvalue weighted by atomic mass is 32.2. The number of rotatable bonds is 7. The van der Waals surface area contributed by atoms with E-state index in [2.05, 4.69) is 13.8 Å². The predicted molar refractivity (Wildman–Crippen MR) is 117 cm³/mol. The molecule has 4 nitrogen and oxygen atoms in total. The number of anilines is 1. The fourth-order valence-electron chi connectivity index (χ4n) is 5.99. The second kappa shape index (κ2) is 7.19. The normalized spacial score (nSPS) is 35.7. The summed E-state index contributed by atoms with van der Waals surface area (Å²) in [4.78, 5) is 28.5. The van der Waals surface area contributed by atoms with Crippen LogP contribution in [0.3, 0.4) is 0 Å². The lowest BCUT2D eigenvalue weighted by molar-refractivity contribution is -0.122. The minimum absolute atomic E-state index is 0.172. The van der Waals surface area contributed by atoms with Gasteiger partial charge in [-0.25, -0.2) is 4.90 Å². The van der Waals surface area contributed by atoms with Gasteiger partial charge in [0.25, 0.3) is 0 Å². The maximum Gasteiger partial charge on any atom is 0.239 e. The third-order valence-electron chi connectivity index (χ3n) is 7.40. The number of carbonyl (C=O) groups is 2. The van der Waals surface area contributed by atoms with Crippen LogP contribution in [-0.2, 0) is 20.4 Å². The van der Waals surface area contributed by atoms with Crippen LogP contribution in [0.5, 0.6) is 0 Å². The van der Waals surface area contributed by atoms with Crippen molar-refractivity contribution in [1.82, 2.24) is 0 Å². The molecule has 2 saturated heterocycles. The van der Waals surface area contributed by atoms with Crippen LogP contribution in [0.25, 0.3) is 0 Å². The van der Waals surface area contributed by atoms with Gasteiger partial charge < -0.3 is 0 Å². The minimum Gasteiger partial charge on any atom is -0.274 e. The van der Waals surface area contributed by atoms with Gasteiger partial charge in [0.2, 0.25) is 11.8 Å². The molecule has 0 aliphatic carbocycles. The van der Waals surface area contributed by atoms with Gasteiger partial charge in [-0.05, 0) is 51.7 Å². The molecule has 2 bridgehead atoms. The first-order valence-electron chi connectivity index (χ1n) is 10.9. The number of unbranched alkanes of at least 4 members (excludes halogenated alkanes) is 2. The summed E-state index contributed by atoms with van der Waals surface area (Å²) in [6, 6.07) is 9.19. The van der Waals surface area contributed by atoms with Gasteiger partial charge in [0.1, 0.15) is 0 Å². The van der Waals surface area contributed by atoms with E-state index in [9.17, 15) is 13.8 Å². The Morgan fingerprint density at radius 2 is 1.31 bits per heavy atom. The maximum atomic E-state index is 13.9. The fraction of sp³-hybridized carbons (Fsp3) is 0.583. The van der Waals surface area contributed by atoms with Gasteiger partial charge in [-0.15, -0.1) is 0 Å². The van der Waals surface area contributed by atoms with E-state index in [1.807, 2.05) is 44.2 Å². The molecule has 4 rings (SSSR count). The molecule has 29 heavy (non-hydrogen) atoms. The highest BCUT2D eigenvalue weighted by Crippen LogP contribution is 2.66. The molecule has 0 spiro atoms. The van der Waals surface area contributed by atoms with Crippen LogP contribution in [0.15, 0.2) is 41.5 Å². The standard InChI is InChI=1S/C24H31NO3S/c1-5-7-14-17-18(15-8-6-2)24(4)20-19(23(17,3)29(24)28)21(26)25(22(20)27)16-12-10-9-11-13-16/h9-13,19-20H,5-8,14-15H2,1-4H3/t19-,20+,23+,24-,29?. The first-order chi connectivity index (χ1) is 13.8. The van der Waals surface area contributed by atoms with Gasteiger partial charge in [0, 0.05) is 10.8 Å². The number of para-hydroxylation sites is 1. The summed E-state index contributed by atoms with van der Waals surface area (Å²) >= 11 is 0. The van der Waals surface area contributed by atoms with E-state index < -0.39 is 32.1 Å². The molecule has 0 radical (unpaired) electrons. The summed E-state index contributed by atoms with van der Waals surface area (Å²) in [5.74, 6) is -1.37. The van der Waals surface area contributed by atoms with Crippen molar-refractivity contribution in [3.8, 4) is 0 Å². The molecule has 5 atom stereocenters. The van der Waals surface area contributed by atoms with Crippen molar-refractivity contribution in [1.29, 1.82) is 0 Å². The third-order valence-corrected chi connectivity index (χ3v) is 9.94. The van der Waals surface area contributed by atoms with E-state index in [0.717, 1.165) is 38.5 Å². The van der Waals surface area contributed by atoms with Crippen LogP contribution >= 0.6 is 0 Å². The summed E-state index contributed by atoms with van der Waals surface area (Å²) in [5.41, 5.74) is 3.05. The highest BCUT2D eigenvalue weighted by molar-refractivity contribution is 7.89. The number of benzene rings is 1. The Morgan fingerprint density at radius 1 is 0.862 bits per heavy atom. The lowest BCUT2D eigenvalue weighted by Gasteiger charge is -2.35. The van der Waals surface area contributed by atoms with E-state index >= 15 is 0 Å². The smallest absolute Gasteiger partial charge is 0.239 e. The van der Waals surface area contributed by atoms with E-state index in [0.29, 0.717) is 5.69 Å². The largest absolute Gasteiger partial charge is 0.274 e. The Balaban J connectivity index is 1.85. The monoisotopic (exact) mass is 413 g/mol. The summed E-state index contributed by atoms with van der Waals surface area (Å²) in [7, 11) is -1.26. The molecule has 3 aliphatic rings. The van der Waals surface area contributed by atoms with Crippen LogP contribution in [0.2, 0.25) is 0 Å². The SMILES string of the molecule is CCCCC1=C(CCCC)[C@]2(C)[C@@H]3C(=O)N(c4ccccc4)C(=O)[C@@H]3[C@@]1(C)S2=O. The predicted octanol–water partition coefficient (Wildman–Crippen LogP) is 4.76. The third kappa shape index (κ3) is 2.52. The average Bonchev–Trinajstić information content (AvgIpc) is 3.15. The number of amides is 2. The van der Waals surface area contributed by atoms with Crippen LogP contribution in [0.1, 0.15) is 66.2 Å². The van der Waals surface area contributed by atoms with E-state index in [4.69, 9.17) is 0 Å². The Labute approximate surface area is 176 Å². The van der Waals surface area contributed by atoms with Crippen molar-refractivity contribution in [3.63, 3.8) is 0 Å². The molecule has 3 heterocycles. The van der Waals surface area contributed by atoms with Gasteiger partial charge in [0.15, 0.2) is 0 Å². The lowest BCUT2D eigenvalue weighted by atomic mass is 9.64. The summed E-state index contributed by atoms with van der Waals surface area (Å²) < 4.78 is 12.4. The lowest BCUT2D eigenvalue weighted by Crippen LogP contribution is -2.42. The van der Waals surface area contributed by atoms with E-state index in [-0.39, 0.29) is 11.8 Å². The van der Waals surface area contributed by atoms with Crippen molar-refractivity contribution in [2.75, 3.05) is 4.90 Å². The fourth-order valence-corrected chi connectivity index (χ4v) is 8.70. The van der Waals surface area contributed by atoms with Crippen molar-refractivity contribution in [2.45, 2.75) is 75.7 Å². The molecule has 5 heteroatoms. The molecule has 2 amide bonds. The number of imide groups is 1. The molecule has 3 aliphatic heterocycles. The molecule has 156 valence electrons. The second-order valence-corrected chi connectivity index (χ2v) is 11.2. The van der Waals surface area contributed by atoms with Crippen LogP contribution < -0.4 is 4.90 Å². The van der Waals surface area contributed by atoms with Gasteiger partial charge >= 0.3 is 0 Å². The van der Waals surface area contributed by atoms with E-state index in [1.165, 1.54) is 16.0 Å². The topological polar surface area (TPSA) is 54.5 Å². The number of carbonyl (C=O) groups excluding carboxylic acids is 2.